The van der Waals surface area contributed by atoms with Gasteiger partial charge in [0.15, 0.2) is 5.82 Å². The molecular weight excluding hydrogens is 286 g/mol. The highest BCUT2D eigenvalue weighted by Gasteiger charge is 2.24. The Bertz CT molecular complexity index is 732. The van der Waals surface area contributed by atoms with Crippen LogP contribution in [0.5, 0.6) is 0 Å². The monoisotopic (exact) mass is 301 g/mol. The van der Waals surface area contributed by atoms with Crippen molar-refractivity contribution < 1.29 is 4.74 Å². The lowest BCUT2D eigenvalue weighted by atomic mass is 10.2. The molecule has 3 aromatic rings. The maximum atomic E-state index is 5.67. The molecule has 2 aromatic heterocycles. The van der Waals surface area contributed by atoms with Crippen LogP contribution < -0.4 is 5.32 Å². The van der Waals surface area contributed by atoms with Crippen molar-refractivity contribution in [1.29, 1.82) is 0 Å². The van der Waals surface area contributed by atoms with E-state index < -0.39 is 0 Å². The van der Waals surface area contributed by atoms with Crippen molar-refractivity contribution in [2.75, 3.05) is 11.9 Å². The molecule has 0 bridgehead atoms. The third-order valence-corrected chi connectivity index (χ3v) is 4.39. The van der Waals surface area contributed by atoms with Crippen molar-refractivity contribution in [3.8, 4) is 0 Å². The predicted octanol–water partition coefficient (Wildman–Crippen LogP) is 2.65. The fourth-order valence-corrected chi connectivity index (χ4v) is 3.24. The van der Waals surface area contributed by atoms with Crippen molar-refractivity contribution in [3.63, 3.8) is 0 Å². The van der Waals surface area contributed by atoms with Crippen LogP contribution in [0.2, 0.25) is 0 Å². The second-order valence-electron chi connectivity index (χ2n) is 4.97. The van der Waals surface area contributed by atoms with E-state index in [2.05, 4.69) is 20.6 Å². The molecule has 1 N–H and O–H groups in total. The number of para-hydroxylation sites is 1. The molecule has 6 nitrogen and oxygen atoms in total. The van der Waals surface area contributed by atoms with E-state index in [9.17, 15) is 0 Å². The summed E-state index contributed by atoms with van der Waals surface area (Å²) in [5.74, 6) is 0.824. The summed E-state index contributed by atoms with van der Waals surface area (Å²) < 4.78 is 7.49. The Hall–Kier alpha value is -1.99. The summed E-state index contributed by atoms with van der Waals surface area (Å²) in [5, 5.41) is 17.4. The van der Waals surface area contributed by atoms with Crippen molar-refractivity contribution in [3.05, 3.63) is 41.2 Å². The Labute approximate surface area is 125 Å². The van der Waals surface area contributed by atoms with Gasteiger partial charge in [-0.25, -0.2) is 0 Å². The van der Waals surface area contributed by atoms with E-state index >= 15 is 0 Å². The van der Waals surface area contributed by atoms with Gasteiger partial charge in [0.25, 0.3) is 0 Å². The standard InChI is InChI=1S/C14H15N5OS/c1-2-5-10(6-3-1)15-9-12-18-19-13(11-7-4-8-20-11)16-17-14(19)21-12/h1-3,5-6,11,15H,4,7-9H2. The summed E-state index contributed by atoms with van der Waals surface area (Å²) in [4.78, 5) is 0.824. The first kappa shape index (κ1) is 12.7. The van der Waals surface area contributed by atoms with Gasteiger partial charge in [-0.1, -0.05) is 29.5 Å². The zero-order valence-electron chi connectivity index (χ0n) is 11.4. The molecule has 1 atom stereocenters. The molecule has 0 saturated carbocycles. The first-order chi connectivity index (χ1) is 10.4. The van der Waals surface area contributed by atoms with Gasteiger partial charge in [-0.3, -0.25) is 0 Å². The van der Waals surface area contributed by atoms with Crippen molar-refractivity contribution in [2.45, 2.75) is 25.5 Å². The van der Waals surface area contributed by atoms with E-state index in [1.165, 1.54) is 0 Å². The molecule has 0 aliphatic carbocycles. The van der Waals surface area contributed by atoms with Crippen LogP contribution in [0.4, 0.5) is 5.69 Å². The number of nitrogens with zero attached hydrogens (tertiary/aromatic N) is 4. The minimum absolute atomic E-state index is 0.0389. The van der Waals surface area contributed by atoms with Crippen LogP contribution >= 0.6 is 11.3 Å². The van der Waals surface area contributed by atoms with E-state index in [-0.39, 0.29) is 6.10 Å². The molecule has 1 unspecified atom stereocenters. The number of ether oxygens (including phenoxy) is 1. The maximum absolute atomic E-state index is 5.67. The lowest BCUT2D eigenvalue weighted by molar-refractivity contribution is 0.103. The summed E-state index contributed by atoms with van der Waals surface area (Å²) in [6.45, 7) is 1.48. The van der Waals surface area contributed by atoms with Crippen LogP contribution in [-0.2, 0) is 11.3 Å². The van der Waals surface area contributed by atoms with E-state index in [1.54, 1.807) is 11.3 Å². The van der Waals surface area contributed by atoms with Gasteiger partial charge >= 0.3 is 0 Å². The Kier molecular flexibility index (Phi) is 3.28. The molecule has 1 aliphatic heterocycles. The number of nitrogens with one attached hydrogen (secondary N) is 1. The average Bonchev–Trinajstić information content (AvgIpc) is 3.22. The average molecular weight is 301 g/mol. The molecule has 21 heavy (non-hydrogen) atoms. The molecule has 3 heterocycles. The molecule has 7 heteroatoms. The molecular formula is C14H15N5OS. The predicted molar refractivity (Wildman–Crippen MR) is 80.4 cm³/mol. The molecule has 1 saturated heterocycles. The maximum Gasteiger partial charge on any atom is 0.234 e. The van der Waals surface area contributed by atoms with Crippen molar-refractivity contribution in [1.82, 2.24) is 19.8 Å². The summed E-state index contributed by atoms with van der Waals surface area (Å²) in [6.07, 6.45) is 2.11. The van der Waals surface area contributed by atoms with Gasteiger partial charge in [0, 0.05) is 12.3 Å². The number of rotatable bonds is 4. The second-order valence-corrected chi connectivity index (χ2v) is 6.01. The fourth-order valence-electron chi connectivity index (χ4n) is 2.46. The van der Waals surface area contributed by atoms with Gasteiger partial charge in [-0.15, -0.1) is 10.2 Å². The van der Waals surface area contributed by atoms with E-state index in [4.69, 9.17) is 4.74 Å². The largest absolute Gasteiger partial charge is 0.378 e. The van der Waals surface area contributed by atoms with Gasteiger partial charge in [0.1, 0.15) is 11.1 Å². The summed E-state index contributed by atoms with van der Waals surface area (Å²) >= 11 is 1.56. The van der Waals surface area contributed by atoms with Gasteiger partial charge in [0.2, 0.25) is 4.96 Å². The third kappa shape index (κ3) is 2.50. The van der Waals surface area contributed by atoms with Gasteiger partial charge in [-0.2, -0.15) is 9.61 Å². The normalized spacial score (nSPS) is 18.4. The van der Waals surface area contributed by atoms with Crippen LogP contribution in [0.25, 0.3) is 4.96 Å². The number of hydrogen-bond donors (Lipinski definition) is 1. The van der Waals surface area contributed by atoms with Gasteiger partial charge in [0.05, 0.1) is 6.54 Å². The van der Waals surface area contributed by atoms with Gasteiger partial charge < -0.3 is 10.1 Å². The number of hydrogen-bond acceptors (Lipinski definition) is 6. The van der Waals surface area contributed by atoms with Gasteiger partial charge in [-0.05, 0) is 25.0 Å². The van der Waals surface area contributed by atoms with Crippen LogP contribution in [0.15, 0.2) is 30.3 Å². The summed E-state index contributed by atoms with van der Waals surface area (Å²) in [5.41, 5.74) is 1.09. The van der Waals surface area contributed by atoms with E-state index in [0.717, 1.165) is 40.9 Å². The smallest absolute Gasteiger partial charge is 0.234 e. The molecule has 0 amide bonds. The first-order valence-corrected chi connectivity index (χ1v) is 7.83. The molecule has 4 rings (SSSR count). The lowest BCUT2D eigenvalue weighted by Crippen LogP contribution is -2.05. The quantitative estimate of drug-likeness (QED) is 0.802. The number of benzene rings is 1. The van der Waals surface area contributed by atoms with E-state index in [0.29, 0.717) is 6.54 Å². The minimum Gasteiger partial charge on any atom is -0.378 e. The van der Waals surface area contributed by atoms with Crippen LogP contribution in [0.1, 0.15) is 29.8 Å². The molecule has 0 radical (unpaired) electrons. The fraction of sp³-hybridized carbons (Fsp3) is 0.357. The Morgan fingerprint density at radius 3 is 3.00 bits per heavy atom. The first-order valence-electron chi connectivity index (χ1n) is 7.02. The third-order valence-electron chi connectivity index (χ3n) is 3.49. The number of aromatic nitrogens is 4. The number of anilines is 1. The van der Waals surface area contributed by atoms with Crippen LogP contribution in [0.3, 0.4) is 0 Å². The van der Waals surface area contributed by atoms with Crippen LogP contribution in [-0.4, -0.2) is 26.4 Å². The second kappa shape index (κ2) is 5.42. The molecule has 108 valence electrons. The zero-order valence-corrected chi connectivity index (χ0v) is 12.2. The Morgan fingerprint density at radius 1 is 1.29 bits per heavy atom. The highest BCUT2D eigenvalue weighted by atomic mass is 32.1. The van der Waals surface area contributed by atoms with E-state index in [1.807, 2.05) is 34.8 Å². The van der Waals surface area contributed by atoms with Crippen LogP contribution in [0, 0.1) is 0 Å². The summed E-state index contributed by atoms with van der Waals surface area (Å²) in [6, 6.07) is 10.1. The molecule has 1 fully saturated rings. The lowest BCUT2D eigenvalue weighted by Gasteiger charge is -2.04. The Balaban J connectivity index is 1.54. The SMILES string of the molecule is c1ccc(NCc2nn3c(C4CCCO4)nnc3s2)cc1. The summed E-state index contributed by atoms with van der Waals surface area (Å²) in [7, 11) is 0. The molecule has 1 aliphatic rings. The topological polar surface area (TPSA) is 64.3 Å². The van der Waals surface area contributed by atoms with Crippen molar-refractivity contribution >= 4 is 22.0 Å². The highest BCUT2D eigenvalue weighted by Crippen LogP contribution is 2.28. The Morgan fingerprint density at radius 2 is 2.19 bits per heavy atom. The minimum atomic E-state index is 0.0389. The number of fused-ring (bicyclic) bond motifs is 1. The molecule has 1 aromatic carbocycles. The zero-order chi connectivity index (χ0) is 14.1. The molecule has 0 spiro atoms. The highest BCUT2D eigenvalue weighted by molar-refractivity contribution is 7.16. The van der Waals surface area contributed by atoms with Crippen molar-refractivity contribution in [2.24, 2.45) is 0 Å².